The second kappa shape index (κ2) is 8.47. The van der Waals surface area contributed by atoms with Crippen molar-refractivity contribution in [3.63, 3.8) is 0 Å². The van der Waals surface area contributed by atoms with Gasteiger partial charge in [0.2, 0.25) is 9.84 Å². The molecule has 0 aliphatic rings. The number of benzene rings is 2. The van der Waals surface area contributed by atoms with E-state index in [1.54, 1.807) is 48.5 Å². The molecular weight excluding hydrogens is 350 g/mol. The fourth-order valence-corrected chi connectivity index (χ4v) is 3.90. The van der Waals surface area contributed by atoms with E-state index in [-0.39, 0.29) is 15.7 Å². The molecule has 0 heterocycles. The minimum Gasteiger partial charge on any atom is -0.480 e. The summed E-state index contributed by atoms with van der Waals surface area (Å²) in [6.07, 6.45) is 0.762. The molecule has 140 valence electrons. The fourth-order valence-electron chi connectivity index (χ4n) is 2.64. The minimum atomic E-state index is -3.55. The van der Waals surface area contributed by atoms with Crippen LogP contribution in [-0.4, -0.2) is 25.5 Å². The van der Waals surface area contributed by atoms with E-state index in [1.807, 2.05) is 20.8 Å². The summed E-state index contributed by atoms with van der Waals surface area (Å²) in [5, 5.41) is 12.3. The second-order valence-corrected chi connectivity index (χ2v) is 8.49. The Morgan fingerprint density at radius 2 is 1.54 bits per heavy atom. The van der Waals surface area contributed by atoms with Gasteiger partial charge in [0.1, 0.15) is 6.04 Å². The first-order chi connectivity index (χ1) is 12.3. The number of aliphatic carboxylic acids is 1. The number of carbonyl (C=O) groups is 1. The number of hydrogen-bond acceptors (Lipinski definition) is 4. The summed E-state index contributed by atoms with van der Waals surface area (Å²) in [6, 6.07) is 12.7. The van der Waals surface area contributed by atoms with Crippen molar-refractivity contribution >= 4 is 15.8 Å². The van der Waals surface area contributed by atoms with Crippen molar-refractivity contribution < 1.29 is 18.3 Å². The molecule has 0 unspecified atom stereocenters. The summed E-state index contributed by atoms with van der Waals surface area (Å²) in [7, 11) is -3.55. The quantitative estimate of drug-likeness (QED) is 0.739. The van der Waals surface area contributed by atoms with Crippen molar-refractivity contribution in [1.29, 1.82) is 0 Å². The number of rotatable bonds is 8. The van der Waals surface area contributed by atoms with Crippen LogP contribution in [-0.2, 0) is 21.2 Å². The number of carboxylic acids is 1. The lowest BCUT2D eigenvalue weighted by atomic mass is 9.99. The first kappa shape index (κ1) is 20.1. The summed E-state index contributed by atoms with van der Waals surface area (Å²) < 4.78 is 25.3. The van der Waals surface area contributed by atoms with E-state index >= 15 is 0 Å². The normalized spacial score (nSPS) is 14.0. The van der Waals surface area contributed by atoms with E-state index in [4.69, 9.17) is 0 Å². The Bertz CT molecular complexity index is 842. The minimum absolute atomic E-state index is 0.00804. The molecule has 0 saturated heterocycles. The van der Waals surface area contributed by atoms with Crippen LogP contribution in [0.25, 0.3) is 0 Å². The summed E-state index contributed by atoms with van der Waals surface area (Å²) in [4.78, 5) is 11.8. The van der Waals surface area contributed by atoms with Gasteiger partial charge in [-0.25, -0.2) is 8.42 Å². The summed E-state index contributed by atoms with van der Waals surface area (Å²) >= 11 is 0. The third-order valence-corrected chi connectivity index (χ3v) is 6.36. The Kier molecular flexibility index (Phi) is 6.56. The molecule has 2 aromatic carbocycles. The Hall–Kier alpha value is -2.18. The lowest BCUT2D eigenvalue weighted by molar-refractivity contribution is -0.140. The zero-order valence-electron chi connectivity index (χ0n) is 15.3. The molecule has 0 amide bonds. The molecule has 0 fully saturated rings. The Labute approximate surface area is 155 Å². The highest BCUT2D eigenvalue weighted by Crippen LogP contribution is 2.21. The zero-order valence-corrected chi connectivity index (χ0v) is 16.1. The Morgan fingerprint density at radius 1 is 1.04 bits per heavy atom. The molecule has 2 aromatic rings. The molecule has 6 heteroatoms. The lowest BCUT2D eigenvalue weighted by Crippen LogP contribution is -2.41. The van der Waals surface area contributed by atoms with Gasteiger partial charge in [0.15, 0.2) is 0 Å². The molecule has 0 spiro atoms. The van der Waals surface area contributed by atoms with Crippen molar-refractivity contribution in [2.45, 2.75) is 49.6 Å². The van der Waals surface area contributed by atoms with Crippen LogP contribution >= 0.6 is 0 Å². The van der Waals surface area contributed by atoms with Crippen LogP contribution in [0.2, 0.25) is 0 Å². The largest absolute Gasteiger partial charge is 0.480 e. The molecule has 0 bridgehead atoms. The predicted molar refractivity (Wildman–Crippen MR) is 101 cm³/mol. The monoisotopic (exact) mass is 375 g/mol. The Morgan fingerprint density at radius 3 is 2.00 bits per heavy atom. The topological polar surface area (TPSA) is 83.5 Å². The molecule has 0 aliphatic heterocycles. The number of carboxylic acid groups (broad SMARTS) is 1. The van der Waals surface area contributed by atoms with Gasteiger partial charge in [-0.3, -0.25) is 4.79 Å². The molecule has 0 aromatic heterocycles. The maximum Gasteiger partial charge on any atom is 0.320 e. The van der Waals surface area contributed by atoms with E-state index in [0.717, 1.165) is 17.5 Å². The predicted octanol–water partition coefficient (Wildman–Crippen LogP) is 3.42. The smallest absolute Gasteiger partial charge is 0.320 e. The van der Waals surface area contributed by atoms with Crippen LogP contribution in [0, 0.1) is 12.8 Å². The van der Waals surface area contributed by atoms with Gasteiger partial charge in [-0.05, 0) is 42.7 Å². The highest BCUT2D eigenvalue weighted by Gasteiger charge is 2.23. The molecule has 2 N–H and O–H groups in total. The molecule has 0 aliphatic carbocycles. The maximum absolute atomic E-state index is 12.6. The fraction of sp³-hybridized carbons (Fsp3) is 0.350. The Balaban J connectivity index is 2.12. The SMILES string of the molecule is CC[C@H](C)[C@H](NCc1ccc(S(=O)(=O)c2ccc(C)cc2)cc1)C(=O)O. The average molecular weight is 375 g/mol. The number of hydrogen-bond donors (Lipinski definition) is 2. The first-order valence-corrected chi connectivity index (χ1v) is 10.1. The van der Waals surface area contributed by atoms with Crippen LogP contribution in [0.4, 0.5) is 0 Å². The van der Waals surface area contributed by atoms with E-state index in [0.29, 0.717) is 6.54 Å². The summed E-state index contributed by atoms with van der Waals surface area (Å²) in [5.41, 5.74) is 1.84. The van der Waals surface area contributed by atoms with E-state index in [2.05, 4.69) is 5.32 Å². The highest BCUT2D eigenvalue weighted by atomic mass is 32.2. The van der Waals surface area contributed by atoms with Crippen molar-refractivity contribution in [3.05, 3.63) is 59.7 Å². The molecule has 2 rings (SSSR count). The van der Waals surface area contributed by atoms with Gasteiger partial charge >= 0.3 is 5.97 Å². The van der Waals surface area contributed by atoms with E-state index in [9.17, 15) is 18.3 Å². The average Bonchev–Trinajstić information content (AvgIpc) is 2.62. The van der Waals surface area contributed by atoms with Gasteiger partial charge in [0.25, 0.3) is 0 Å². The third-order valence-electron chi connectivity index (χ3n) is 4.57. The van der Waals surface area contributed by atoms with E-state index in [1.165, 1.54) is 0 Å². The zero-order chi connectivity index (χ0) is 19.3. The number of aryl methyl sites for hydroxylation is 1. The lowest BCUT2D eigenvalue weighted by Gasteiger charge is -2.20. The number of sulfone groups is 1. The highest BCUT2D eigenvalue weighted by molar-refractivity contribution is 7.91. The van der Waals surface area contributed by atoms with Crippen LogP contribution < -0.4 is 5.32 Å². The standard InChI is InChI=1S/C20H25NO4S/c1-4-15(3)19(20(22)23)21-13-16-7-11-18(12-8-16)26(24,25)17-9-5-14(2)6-10-17/h5-12,15,19,21H,4,13H2,1-3H3,(H,22,23)/t15-,19-/m0/s1. The summed E-state index contributed by atoms with van der Waals surface area (Å²) in [5.74, 6) is -0.869. The van der Waals surface area contributed by atoms with Crippen LogP contribution in [0.15, 0.2) is 58.3 Å². The van der Waals surface area contributed by atoms with E-state index < -0.39 is 21.8 Å². The van der Waals surface area contributed by atoms with Gasteiger partial charge < -0.3 is 10.4 Å². The van der Waals surface area contributed by atoms with Crippen molar-refractivity contribution in [3.8, 4) is 0 Å². The van der Waals surface area contributed by atoms with Gasteiger partial charge in [-0.1, -0.05) is 50.1 Å². The molecule has 0 saturated carbocycles. The molecule has 5 nitrogen and oxygen atoms in total. The van der Waals surface area contributed by atoms with Crippen LogP contribution in [0.3, 0.4) is 0 Å². The second-order valence-electron chi connectivity index (χ2n) is 6.54. The van der Waals surface area contributed by atoms with Gasteiger partial charge in [-0.15, -0.1) is 0 Å². The van der Waals surface area contributed by atoms with Crippen LogP contribution in [0.1, 0.15) is 31.4 Å². The number of nitrogens with one attached hydrogen (secondary N) is 1. The first-order valence-electron chi connectivity index (χ1n) is 8.62. The maximum atomic E-state index is 12.6. The van der Waals surface area contributed by atoms with Crippen LogP contribution in [0.5, 0.6) is 0 Å². The van der Waals surface area contributed by atoms with Crippen molar-refractivity contribution in [1.82, 2.24) is 5.32 Å². The third kappa shape index (κ3) is 4.71. The summed E-state index contributed by atoms with van der Waals surface area (Å²) in [6.45, 7) is 6.12. The molecule has 2 atom stereocenters. The van der Waals surface area contributed by atoms with Gasteiger partial charge in [0.05, 0.1) is 9.79 Å². The van der Waals surface area contributed by atoms with Gasteiger partial charge in [0, 0.05) is 6.54 Å². The molecular formula is C20H25NO4S. The van der Waals surface area contributed by atoms with Crippen molar-refractivity contribution in [2.24, 2.45) is 5.92 Å². The molecule has 0 radical (unpaired) electrons. The van der Waals surface area contributed by atoms with Crippen molar-refractivity contribution in [2.75, 3.05) is 0 Å². The molecule has 26 heavy (non-hydrogen) atoms. The van der Waals surface area contributed by atoms with Gasteiger partial charge in [-0.2, -0.15) is 0 Å².